The molecule has 1 fully saturated rings. The van der Waals surface area contributed by atoms with Crippen LogP contribution in [0.25, 0.3) is 0 Å². The summed E-state index contributed by atoms with van der Waals surface area (Å²) in [7, 11) is 0. The van der Waals surface area contributed by atoms with Crippen LogP contribution in [0.1, 0.15) is 6.42 Å². The van der Waals surface area contributed by atoms with Gasteiger partial charge in [-0.3, -0.25) is 0 Å². The van der Waals surface area contributed by atoms with Crippen molar-refractivity contribution in [2.24, 2.45) is 5.92 Å². The normalized spacial score (nSPS) is 22.9. The Bertz CT molecular complexity index is 129. The van der Waals surface area contributed by atoms with Crippen LogP contribution >= 0.6 is 0 Å². The van der Waals surface area contributed by atoms with Crippen molar-refractivity contribution in [3.05, 3.63) is 0 Å². The van der Waals surface area contributed by atoms with E-state index in [0.29, 0.717) is 13.1 Å². The number of hydrogen-bond acceptors (Lipinski definition) is 1. The summed E-state index contributed by atoms with van der Waals surface area (Å²) in [5.74, 6) is -0.133. The van der Waals surface area contributed by atoms with Crippen molar-refractivity contribution in [3.8, 4) is 0 Å². The Morgan fingerprint density at radius 1 is 1.36 bits per heavy atom. The van der Waals surface area contributed by atoms with Crippen molar-refractivity contribution < 1.29 is 17.6 Å². The highest BCUT2D eigenvalue weighted by Gasteiger charge is 2.41. The first-order valence-electron chi connectivity index (χ1n) is 3.41. The fourth-order valence-corrected chi connectivity index (χ4v) is 0.941. The molecule has 1 aliphatic heterocycles. The monoisotopic (exact) mass is 171 g/mol. The van der Waals surface area contributed by atoms with Gasteiger partial charge in [0.05, 0.1) is 0 Å². The lowest BCUT2D eigenvalue weighted by Crippen LogP contribution is -2.44. The van der Waals surface area contributed by atoms with Crippen molar-refractivity contribution in [2.75, 3.05) is 13.1 Å². The minimum Gasteiger partial charge on any atom is -0.316 e. The molecule has 1 rings (SSSR count). The summed E-state index contributed by atoms with van der Waals surface area (Å²) in [6, 6.07) is 0. The fraction of sp³-hybridized carbons (Fsp3) is 1.00. The Morgan fingerprint density at radius 3 is 2.18 bits per heavy atom. The molecule has 0 bridgehead atoms. The highest BCUT2D eigenvalue weighted by Crippen LogP contribution is 2.28. The summed E-state index contributed by atoms with van der Waals surface area (Å²) >= 11 is 0. The first-order chi connectivity index (χ1) is 5.00. The Morgan fingerprint density at radius 2 is 1.91 bits per heavy atom. The van der Waals surface area contributed by atoms with Crippen LogP contribution in [-0.2, 0) is 0 Å². The maximum Gasteiger partial charge on any atom is 0.419 e. The van der Waals surface area contributed by atoms with Gasteiger partial charge in [-0.25, -0.2) is 4.39 Å². The number of nitrogens with one attached hydrogen (secondary N) is 1. The molecule has 1 aliphatic rings. The summed E-state index contributed by atoms with van der Waals surface area (Å²) < 4.78 is 47.0. The van der Waals surface area contributed by atoms with Crippen LogP contribution in [0.5, 0.6) is 0 Å². The predicted octanol–water partition coefficient (Wildman–Crippen LogP) is 1.50. The predicted molar refractivity (Wildman–Crippen MR) is 31.9 cm³/mol. The summed E-state index contributed by atoms with van der Waals surface area (Å²) in [5, 5.41) is 2.78. The molecule has 1 saturated heterocycles. The molecule has 0 aromatic heterocycles. The second-order valence-electron chi connectivity index (χ2n) is 2.77. The summed E-state index contributed by atoms with van der Waals surface area (Å²) in [5.41, 5.74) is 0. The van der Waals surface area contributed by atoms with E-state index in [0.717, 1.165) is 0 Å². The highest BCUT2D eigenvalue weighted by molar-refractivity contribution is 4.80. The maximum absolute atomic E-state index is 12.2. The van der Waals surface area contributed by atoms with Gasteiger partial charge in [0.25, 0.3) is 0 Å². The third-order valence-corrected chi connectivity index (χ3v) is 1.76. The van der Waals surface area contributed by atoms with Gasteiger partial charge in [0, 0.05) is 0 Å². The van der Waals surface area contributed by atoms with Gasteiger partial charge in [0.2, 0.25) is 0 Å². The van der Waals surface area contributed by atoms with E-state index in [1.807, 2.05) is 0 Å². The van der Waals surface area contributed by atoms with Crippen molar-refractivity contribution in [2.45, 2.75) is 18.8 Å². The van der Waals surface area contributed by atoms with Crippen LogP contribution in [0.4, 0.5) is 17.6 Å². The zero-order valence-electron chi connectivity index (χ0n) is 5.79. The summed E-state index contributed by atoms with van der Waals surface area (Å²) in [6.07, 6.45) is -7.71. The van der Waals surface area contributed by atoms with Crippen LogP contribution < -0.4 is 5.32 Å². The van der Waals surface area contributed by atoms with E-state index in [-0.39, 0.29) is 5.92 Å². The quantitative estimate of drug-likeness (QED) is 0.621. The highest BCUT2D eigenvalue weighted by atomic mass is 19.4. The number of hydrogen-bond donors (Lipinski definition) is 1. The Labute approximate surface area is 61.8 Å². The Balaban J connectivity index is 2.24. The van der Waals surface area contributed by atoms with E-state index >= 15 is 0 Å². The zero-order valence-corrected chi connectivity index (χ0v) is 5.79. The number of rotatable bonds is 2. The van der Waals surface area contributed by atoms with Crippen LogP contribution in [0.2, 0.25) is 0 Å². The third kappa shape index (κ3) is 2.32. The molecule has 66 valence electrons. The topological polar surface area (TPSA) is 12.0 Å². The van der Waals surface area contributed by atoms with E-state index in [9.17, 15) is 17.6 Å². The Kier molecular flexibility index (Phi) is 2.37. The van der Waals surface area contributed by atoms with Crippen molar-refractivity contribution in [3.63, 3.8) is 0 Å². The van der Waals surface area contributed by atoms with Crippen LogP contribution in [0, 0.1) is 5.92 Å². The fourth-order valence-electron chi connectivity index (χ4n) is 0.941. The van der Waals surface area contributed by atoms with E-state index in [2.05, 4.69) is 5.32 Å². The van der Waals surface area contributed by atoms with Gasteiger partial charge in [-0.15, -0.1) is 0 Å². The van der Waals surface area contributed by atoms with Crippen molar-refractivity contribution in [1.29, 1.82) is 0 Å². The largest absolute Gasteiger partial charge is 0.419 e. The van der Waals surface area contributed by atoms with Crippen LogP contribution in [0.15, 0.2) is 0 Å². The maximum atomic E-state index is 12.2. The number of halogens is 4. The average molecular weight is 171 g/mol. The molecule has 1 N–H and O–H groups in total. The van der Waals surface area contributed by atoms with Gasteiger partial charge in [0.15, 0.2) is 6.17 Å². The first kappa shape index (κ1) is 8.77. The molecular weight excluding hydrogens is 162 g/mol. The molecule has 0 spiro atoms. The van der Waals surface area contributed by atoms with Crippen LogP contribution in [-0.4, -0.2) is 25.4 Å². The Hall–Kier alpha value is -0.320. The SMILES string of the molecule is FC(CC1CNC1)C(F)(F)F. The standard InChI is InChI=1S/C6H9F4N/c7-5(6(8,9)10)1-4-2-11-3-4/h4-5,11H,1-3H2. The van der Waals surface area contributed by atoms with Crippen LogP contribution in [0.3, 0.4) is 0 Å². The number of alkyl halides is 4. The molecule has 0 amide bonds. The van der Waals surface area contributed by atoms with Gasteiger partial charge in [-0.05, 0) is 25.4 Å². The second kappa shape index (κ2) is 2.97. The zero-order chi connectivity index (χ0) is 8.48. The lowest BCUT2D eigenvalue weighted by atomic mass is 9.96. The smallest absolute Gasteiger partial charge is 0.316 e. The molecule has 1 nitrogen and oxygen atoms in total. The summed E-state index contributed by atoms with van der Waals surface area (Å²) in [6.45, 7) is 1.02. The molecule has 1 unspecified atom stereocenters. The molecule has 5 heteroatoms. The van der Waals surface area contributed by atoms with Gasteiger partial charge >= 0.3 is 6.18 Å². The van der Waals surface area contributed by atoms with Gasteiger partial charge in [-0.1, -0.05) is 0 Å². The van der Waals surface area contributed by atoms with Gasteiger partial charge in [-0.2, -0.15) is 13.2 Å². The minimum atomic E-state index is -4.67. The van der Waals surface area contributed by atoms with Crippen molar-refractivity contribution in [1.82, 2.24) is 5.32 Å². The van der Waals surface area contributed by atoms with E-state index < -0.39 is 18.8 Å². The lowest BCUT2D eigenvalue weighted by molar-refractivity contribution is -0.185. The van der Waals surface area contributed by atoms with E-state index in [4.69, 9.17) is 0 Å². The molecule has 1 atom stereocenters. The van der Waals surface area contributed by atoms with E-state index in [1.54, 1.807) is 0 Å². The third-order valence-electron chi connectivity index (χ3n) is 1.76. The molecule has 0 saturated carbocycles. The average Bonchev–Trinajstić information content (AvgIpc) is 1.75. The first-order valence-corrected chi connectivity index (χ1v) is 3.41. The molecule has 0 aromatic carbocycles. The van der Waals surface area contributed by atoms with E-state index in [1.165, 1.54) is 0 Å². The summed E-state index contributed by atoms with van der Waals surface area (Å²) in [4.78, 5) is 0. The van der Waals surface area contributed by atoms with Crippen molar-refractivity contribution >= 4 is 0 Å². The molecule has 0 radical (unpaired) electrons. The van der Waals surface area contributed by atoms with Gasteiger partial charge in [0.1, 0.15) is 0 Å². The molecular formula is C6H9F4N. The minimum absolute atomic E-state index is 0.133. The molecule has 1 heterocycles. The molecule has 11 heavy (non-hydrogen) atoms. The lowest BCUT2D eigenvalue weighted by Gasteiger charge is -2.28. The molecule has 0 aliphatic carbocycles. The van der Waals surface area contributed by atoms with Gasteiger partial charge < -0.3 is 5.32 Å². The second-order valence-corrected chi connectivity index (χ2v) is 2.77. The molecule has 0 aromatic rings.